The zero-order chi connectivity index (χ0) is 22.0. The number of carbonyl (C=O) groups is 1. The lowest BCUT2D eigenvalue weighted by Crippen LogP contribution is -2.19. The maximum Gasteiger partial charge on any atom is 0.257 e. The molecule has 4 aromatic rings. The predicted octanol–water partition coefficient (Wildman–Crippen LogP) is 5.78. The van der Waals surface area contributed by atoms with E-state index in [2.05, 4.69) is 15.5 Å². The zero-order valence-electron chi connectivity index (χ0n) is 16.7. The number of nitrogens with zero attached hydrogens (tertiary/aromatic N) is 3. The van der Waals surface area contributed by atoms with Gasteiger partial charge in [0.25, 0.3) is 11.1 Å². The Morgan fingerprint density at radius 2 is 1.94 bits per heavy atom. The van der Waals surface area contributed by atoms with Crippen LogP contribution < -0.4 is 5.43 Å². The number of nitrogens with one attached hydrogen (secondary N) is 1. The average Bonchev–Trinajstić information content (AvgIpc) is 3.25. The van der Waals surface area contributed by atoms with Gasteiger partial charge in [-0.25, -0.2) is 10.4 Å². The molecule has 158 valence electrons. The number of hydrazone groups is 1. The van der Waals surface area contributed by atoms with Gasteiger partial charge in [-0.15, -0.1) is 0 Å². The van der Waals surface area contributed by atoms with Gasteiger partial charge in [-0.3, -0.25) is 4.79 Å². The van der Waals surface area contributed by atoms with Gasteiger partial charge in [0.2, 0.25) is 0 Å². The molecule has 9 heteroatoms. The van der Waals surface area contributed by atoms with E-state index in [-0.39, 0.29) is 11.7 Å². The minimum atomic E-state index is -0.251. The number of carbonyl (C=O) groups excluding carboxylic acids is 1. The highest BCUT2D eigenvalue weighted by Crippen LogP contribution is 2.26. The van der Waals surface area contributed by atoms with Crippen molar-refractivity contribution < 1.29 is 9.21 Å². The molecule has 0 saturated heterocycles. The number of fused-ring (bicyclic) bond motifs is 1. The van der Waals surface area contributed by atoms with Crippen molar-refractivity contribution in [3.8, 4) is 5.69 Å². The van der Waals surface area contributed by atoms with E-state index < -0.39 is 0 Å². The Kier molecular flexibility index (Phi) is 6.36. The first kappa shape index (κ1) is 21.5. The number of halogens is 2. The Morgan fingerprint density at radius 1 is 1.19 bits per heavy atom. The number of rotatable bonds is 6. The third-order valence-corrected chi connectivity index (χ3v) is 5.83. The molecule has 2 heterocycles. The van der Waals surface area contributed by atoms with E-state index >= 15 is 0 Å². The first-order valence-corrected chi connectivity index (χ1v) is 11.1. The van der Waals surface area contributed by atoms with Crippen LogP contribution in [0.4, 0.5) is 0 Å². The minimum absolute atomic E-state index is 0.143. The second kappa shape index (κ2) is 9.18. The van der Waals surface area contributed by atoms with Crippen molar-refractivity contribution in [3.05, 3.63) is 75.5 Å². The summed E-state index contributed by atoms with van der Waals surface area (Å²) in [4.78, 5) is 16.5. The number of aryl methyl sites for hydroxylation is 1. The van der Waals surface area contributed by atoms with Crippen LogP contribution in [-0.2, 0) is 4.79 Å². The van der Waals surface area contributed by atoms with E-state index in [0.717, 1.165) is 28.2 Å². The van der Waals surface area contributed by atoms with Gasteiger partial charge in [-0.05, 0) is 50.2 Å². The SMILES string of the molecule is Cc1cc(C=NNC(=O)CSc2nc3ccccc3o2)c(C)n1-c1cc(Cl)cc(Cl)c1. The van der Waals surface area contributed by atoms with E-state index in [4.69, 9.17) is 27.6 Å². The van der Waals surface area contributed by atoms with E-state index in [9.17, 15) is 4.79 Å². The average molecular weight is 473 g/mol. The Hall–Kier alpha value is -2.74. The fourth-order valence-electron chi connectivity index (χ4n) is 3.23. The molecule has 2 aromatic carbocycles. The zero-order valence-corrected chi connectivity index (χ0v) is 19.1. The third kappa shape index (κ3) is 4.95. The lowest BCUT2D eigenvalue weighted by molar-refractivity contribution is -0.118. The summed E-state index contributed by atoms with van der Waals surface area (Å²) in [6.07, 6.45) is 1.62. The molecule has 0 aliphatic carbocycles. The van der Waals surface area contributed by atoms with Crippen molar-refractivity contribution in [2.24, 2.45) is 5.10 Å². The van der Waals surface area contributed by atoms with Crippen LogP contribution in [0.25, 0.3) is 16.8 Å². The normalized spacial score (nSPS) is 11.5. The summed E-state index contributed by atoms with van der Waals surface area (Å²) >= 11 is 13.5. The van der Waals surface area contributed by atoms with Gasteiger partial charge in [-0.1, -0.05) is 47.1 Å². The molecule has 0 aliphatic rings. The molecule has 0 saturated carbocycles. The number of benzene rings is 2. The van der Waals surface area contributed by atoms with Gasteiger partial charge in [0, 0.05) is 32.7 Å². The molecule has 0 radical (unpaired) electrons. The molecule has 0 fully saturated rings. The second-order valence-corrected chi connectivity index (χ2v) is 8.62. The van der Waals surface area contributed by atoms with Gasteiger partial charge >= 0.3 is 0 Å². The number of oxazole rings is 1. The summed E-state index contributed by atoms with van der Waals surface area (Å²) in [5.74, 6) is -0.108. The summed E-state index contributed by atoms with van der Waals surface area (Å²) in [5, 5.41) is 5.66. The fourth-order valence-corrected chi connectivity index (χ4v) is 4.38. The molecule has 1 N–H and O–H groups in total. The highest BCUT2D eigenvalue weighted by atomic mass is 35.5. The lowest BCUT2D eigenvalue weighted by atomic mass is 10.2. The molecule has 31 heavy (non-hydrogen) atoms. The van der Waals surface area contributed by atoms with Gasteiger partial charge < -0.3 is 8.98 Å². The number of hydrogen-bond acceptors (Lipinski definition) is 5. The van der Waals surface area contributed by atoms with Crippen LogP contribution in [0.15, 0.2) is 63.3 Å². The first-order chi connectivity index (χ1) is 14.9. The molecule has 1 amide bonds. The molecular weight excluding hydrogens is 455 g/mol. The van der Waals surface area contributed by atoms with Crippen molar-refractivity contribution in [2.45, 2.75) is 19.1 Å². The first-order valence-electron chi connectivity index (χ1n) is 9.36. The van der Waals surface area contributed by atoms with Gasteiger partial charge in [0.15, 0.2) is 5.58 Å². The standard InChI is InChI=1S/C22H18Cl2N4O2S/c1-13-7-15(14(2)28(13)18-9-16(23)8-17(24)10-18)11-25-27-21(29)12-31-22-26-19-5-3-4-6-20(19)30-22/h3-11H,12H2,1-2H3,(H,27,29). The molecule has 6 nitrogen and oxygen atoms in total. The molecule has 0 aliphatic heterocycles. The third-order valence-electron chi connectivity index (χ3n) is 4.57. The van der Waals surface area contributed by atoms with E-state index in [1.54, 1.807) is 12.3 Å². The van der Waals surface area contributed by atoms with Crippen LogP contribution in [0, 0.1) is 13.8 Å². The van der Waals surface area contributed by atoms with E-state index in [1.807, 2.05) is 60.9 Å². The largest absolute Gasteiger partial charge is 0.431 e. The summed E-state index contributed by atoms with van der Waals surface area (Å²) in [6.45, 7) is 3.95. The van der Waals surface area contributed by atoms with Crippen LogP contribution in [0.2, 0.25) is 10.0 Å². The Bertz CT molecular complexity index is 1240. The molecule has 0 atom stereocenters. The molecular formula is C22H18Cl2N4O2S. The lowest BCUT2D eigenvalue weighted by Gasteiger charge is -2.10. The Labute approximate surface area is 193 Å². The van der Waals surface area contributed by atoms with E-state index in [1.165, 1.54) is 11.8 Å². The number of thioether (sulfide) groups is 1. The molecule has 2 aromatic heterocycles. The van der Waals surface area contributed by atoms with Crippen molar-refractivity contribution in [1.82, 2.24) is 15.0 Å². The maximum atomic E-state index is 12.1. The van der Waals surface area contributed by atoms with Gasteiger partial charge in [-0.2, -0.15) is 5.10 Å². The van der Waals surface area contributed by atoms with Gasteiger partial charge in [0.05, 0.1) is 12.0 Å². The van der Waals surface area contributed by atoms with Crippen LogP contribution in [-0.4, -0.2) is 27.4 Å². The van der Waals surface area contributed by atoms with Crippen LogP contribution in [0.5, 0.6) is 0 Å². The number of aromatic nitrogens is 2. The van der Waals surface area contributed by atoms with Crippen molar-refractivity contribution in [3.63, 3.8) is 0 Å². The number of para-hydroxylation sites is 2. The van der Waals surface area contributed by atoms with Crippen molar-refractivity contribution >= 4 is 58.2 Å². The summed E-state index contributed by atoms with van der Waals surface area (Å²) in [6, 6.07) is 14.8. The topological polar surface area (TPSA) is 72.4 Å². The predicted molar refractivity (Wildman–Crippen MR) is 126 cm³/mol. The summed E-state index contributed by atoms with van der Waals surface area (Å²) in [7, 11) is 0. The fraction of sp³-hybridized carbons (Fsp3) is 0.136. The minimum Gasteiger partial charge on any atom is -0.431 e. The van der Waals surface area contributed by atoms with Crippen LogP contribution in [0.3, 0.4) is 0 Å². The quantitative estimate of drug-likeness (QED) is 0.219. The second-order valence-electron chi connectivity index (χ2n) is 6.82. The molecule has 0 spiro atoms. The van der Waals surface area contributed by atoms with Crippen LogP contribution >= 0.6 is 35.0 Å². The highest BCUT2D eigenvalue weighted by Gasteiger charge is 2.12. The van der Waals surface area contributed by atoms with Gasteiger partial charge in [0.1, 0.15) is 5.52 Å². The Morgan fingerprint density at radius 3 is 2.68 bits per heavy atom. The highest BCUT2D eigenvalue weighted by molar-refractivity contribution is 7.99. The maximum absolute atomic E-state index is 12.1. The Balaban J connectivity index is 1.40. The number of hydrogen-bond donors (Lipinski definition) is 1. The monoisotopic (exact) mass is 472 g/mol. The van der Waals surface area contributed by atoms with Crippen molar-refractivity contribution in [1.29, 1.82) is 0 Å². The smallest absolute Gasteiger partial charge is 0.257 e. The molecule has 0 bridgehead atoms. The number of amides is 1. The summed E-state index contributed by atoms with van der Waals surface area (Å²) < 4.78 is 7.63. The van der Waals surface area contributed by atoms with E-state index in [0.29, 0.717) is 20.9 Å². The van der Waals surface area contributed by atoms with Crippen molar-refractivity contribution in [2.75, 3.05) is 5.75 Å². The molecule has 4 rings (SSSR count). The molecule has 0 unspecified atom stereocenters. The van der Waals surface area contributed by atoms with Crippen LogP contribution in [0.1, 0.15) is 17.0 Å². The summed E-state index contributed by atoms with van der Waals surface area (Å²) in [5.41, 5.74) is 7.69.